The van der Waals surface area contributed by atoms with E-state index in [0.717, 1.165) is 0 Å². The van der Waals surface area contributed by atoms with E-state index in [1.807, 2.05) is 0 Å². The van der Waals surface area contributed by atoms with Crippen molar-refractivity contribution < 1.29 is 0 Å². The van der Waals surface area contributed by atoms with Crippen LogP contribution in [0.3, 0.4) is 0 Å². The van der Waals surface area contributed by atoms with E-state index in [1.54, 1.807) is 5.56 Å². The minimum Gasteiger partial charge on any atom is -0.113 e. The average molecular weight is 343 g/mol. The highest BCUT2D eigenvalue weighted by atomic mass is 32.2. The van der Waals surface area contributed by atoms with Crippen LogP contribution in [0.2, 0.25) is 0 Å². The Labute approximate surface area is 154 Å². The molecule has 3 aromatic carbocycles. The molecule has 0 unspecified atom stereocenters. The van der Waals surface area contributed by atoms with Gasteiger partial charge < -0.3 is 0 Å². The lowest BCUT2D eigenvalue weighted by atomic mass is 9.79. The molecule has 0 saturated heterocycles. The summed E-state index contributed by atoms with van der Waals surface area (Å²) in [6.07, 6.45) is 6.69. The molecule has 1 aliphatic carbocycles. The second-order valence-corrected chi connectivity index (χ2v) is 8.64. The van der Waals surface area contributed by atoms with Crippen LogP contribution in [0.4, 0.5) is 0 Å². The van der Waals surface area contributed by atoms with Gasteiger partial charge in [-0.05, 0) is 40.7 Å². The molecule has 0 radical (unpaired) electrons. The fraction of sp³-hybridized carbons (Fsp3) is 0.250. The topological polar surface area (TPSA) is 0 Å². The van der Waals surface area contributed by atoms with Crippen LogP contribution in [0.1, 0.15) is 37.7 Å². The van der Waals surface area contributed by atoms with Crippen molar-refractivity contribution in [2.24, 2.45) is 0 Å². The van der Waals surface area contributed by atoms with E-state index in [4.69, 9.17) is 0 Å². The summed E-state index contributed by atoms with van der Waals surface area (Å²) in [6.45, 7) is 0. The molecular formula is C24H22S. The Kier molecular flexibility index (Phi) is 3.71. The number of thioether (sulfide) groups is 1. The maximum absolute atomic E-state index is 2.38. The van der Waals surface area contributed by atoms with Crippen LogP contribution in [0.25, 0.3) is 22.3 Å². The lowest BCUT2D eigenvalue weighted by molar-refractivity contribution is 0.407. The molecule has 0 N–H and O–H groups in total. The summed E-state index contributed by atoms with van der Waals surface area (Å²) < 4.78 is 0.271. The number of hydrogen-bond donors (Lipinski definition) is 0. The van der Waals surface area contributed by atoms with E-state index < -0.39 is 0 Å². The SMILES string of the molecule is c1ccc(-c2cccc3c2SC2(CCCCC2)c2ccccc2-3)cc1. The van der Waals surface area contributed by atoms with Gasteiger partial charge >= 0.3 is 0 Å². The number of fused-ring (bicyclic) bond motifs is 4. The van der Waals surface area contributed by atoms with Gasteiger partial charge in [0, 0.05) is 9.64 Å². The first-order valence-corrected chi connectivity index (χ1v) is 10.2. The van der Waals surface area contributed by atoms with Gasteiger partial charge in [0.2, 0.25) is 0 Å². The lowest BCUT2D eigenvalue weighted by Gasteiger charge is -2.42. The molecule has 1 fully saturated rings. The van der Waals surface area contributed by atoms with Gasteiger partial charge in [-0.15, -0.1) is 11.8 Å². The quantitative estimate of drug-likeness (QED) is 0.447. The fourth-order valence-electron chi connectivity index (χ4n) is 4.56. The van der Waals surface area contributed by atoms with Crippen LogP contribution in [0.5, 0.6) is 0 Å². The molecule has 2 aliphatic rings. The first-order chi connectivity index (χ1) is 12.4. The lowest BCUT2D eigenvalue weighted by Crippen LogP contribution is -2.28. The van der Waals surface area contributed by atoms with Gasteiger partial charge in [0.25, 0.3) is 0 Å². The molecule has 1 aliphatic heterocycles. The zero-order valence-electron chi connectivity index (χ0n) is 14.4. The van der Waals surface area contributed by atoms with Crippen molar-refractivity contribution in [1.82, 2.24) is 0 Å². The van der Waals surface area contributed by atoms with E-state index in [1.165, 1.54) is 59.3 Å². The van der Waals surface area contributed by atoms with Crippen LogP contribution in [0.15, 0.2) is 77.7 Å². The van der Waals surface area contributed by atoms with Gasteiger partial charge in [0.1, 0.15) is 0 Å². The predicted molar refractivity (Wildman–Crippen MR) is 108 cm³/mol. The average Bonchev–Trinajstić information content (AvgIpc) is 2.69. The monoisotopic (exact) mass is 342 g/mol. The van der Waals surface area contributed by atoms with Gasteiger partial charge in [0.05, 0.1) is 0 Å². The van der Waals surface area contributed by atoms with Crippen molar-refractivity contribution >= 4 is 11.8 Å². The minimum absolute atomic E-state index is 0.271. The molecule has 0 nitrogen and oxygen atoms in total. The van der Waals surface area contributed by atoms with E-state index in [2.05, 4.69) is 84.6 Å². The number of rotatable bonds is 1. The van der Waals surface area contributed by atoms with Crippen LogP contribution in [-0.2, 0) is 4.75 Å². The maximum Gasteiger partial charge on any atom is 0.0462 e. The summed E-state index contributed by atoms with van der Waals surface area (Å²) in [5.74, 6) is 0. The number of benzene rings is 3. The van der Waals surface area contributed by atoms with Crippen LogP contribution < -0.4 is 0 Å². The Morgan fingerprint density at radius 1 is 0.600 bits per heavy atom. The highest BCUT2D eigenvalue weighted by Gasteiger charge is 2.41. The van der Waals surface area contributed by atoms with E-state index in [9.17, 15) is 0 Å². The third-order valence-corrected chi connectivity index (χ3v) is 7.43. The molecule has 0 atom stereocenters. The predicted octanol–water partition coefficient (Wildman–Crippen LogP) is 7.29. The molecule has 124 valence electrons. The van der Waals surface area contributed by atoms with Crippen LogP contribution in [-0.4, -0.2) is 0 Å². The second-order valence-electron chi connectivity index (χ2n) is 7.25. The molecule has 1 spiro atoms. The van der Waals surface area contributed by atoms with Gasteiger partial charge in [-0.2, -0.15) is 0 Å². The summed E-state index contributed by atoms with van der Waals surface area (Å²) >= 11 is 2.14. The van der Waals surface area contributed by atoms with Crippen LogP contribution in [0, 0.1) is 0 Å². The molecule has 0 aromatic heterocycles. The van der Waals surface area contributed by atoms with Gasteiger partial charge in [-0.3, -0.25) is 0 Å². The Bertz CT molecular complexity index is 890. The highest BCUT2D eigenvalue weighted by molar-refractivity contribution is 8.00. The normalized spacial score (nSPS) is 17.8. The number of hydrogen-bond acceptors (Lipinski definition) is 1. The molecule has 1 heteroatoms. The standard InChI is InChI=1S/C24H22S/c1-3-10-18(11-4-1)19-13-9-14-21-20-12-5-6-15-22(20)24(25-23(19)21)16-7-2-8-17-24/h1,3-6,9-15H,2,7-8,16-17H2. The van der Waals surface area contributed by atoms with Crippen molar-refractivity contribution in [3.8, 4) is 22.3 Å². The summed E-state index contributed by atoms with van der Waals surface area (Å²) in [4.78, 5) is 1.48. The molecule has 0 bridgehead atoms. The molecule has 1 heterocycles. The zero-order valence-corrected chi connectivity index (χ0v) is 15.2. The van der Waals surface area contributed by atoms with E-state index in [-0.39, 0.29) is 4.75 Å². The first-order valence-electron chi connectivity index (χ1n) is 9.35. The van der Waals surface area contributed by atoms with E-state index >= 15 is 0 Å². The third-order valence-electron chi connectivity index (χ3n) is 5.77. The third kappa shape index (κ3) is 2.45. The van der Waals surface area contributed by atoms with Gasteiger partial charge in [-0.1, -0.05) is 92.1 Å². The molecule has 5 rings (SSSR count). The summed E-state index contributed by atoms with van der Waals surface area (Å²) in [5, 5.41) is 0. The summed E-state index contributed by atoms with van der Waals surface area (Å²) in [6, 6.07) is 26.8. The van der Waals surface area contributed by atoms with Crippen molar-refractivity contribution in [3.63, 3.8) is 0 Å². The highest BCUT2D eigenvalue weighted by Crippen LogP contribution is 2.60. The summed E-state index contributed by atoms with van der Waals surface area (Å²) in [5.41, 5.74) is 7.16. The maximum atomic E-state index is 2.38. The Hall–Kier alpha value is -1.99. The minimum atomic E-state index is 0.271. The molecule has 0 amide bonds. The fourth-order valence-corrected chi connectivity index (χ4v) is 6.32. The zero-order chi connectivity index (χ0) is 16.7. The van der Waals surface area contributed by atoms with Crippen molar-refractivity contribution in [3.05, 3.63) is 78.4 Å². The molecular weight excluding hydrogens is 320 g/mol. The van der Waals surface area contributed by atoms with Crippen molar-refractivity contribution in [2.45, 2.75) is 41.7 Å². The molecule has 3 aromatic rings. The first kappa shape index (κ1) is 15.3. The van der Waals surface area contributed by atoms with Crippen LogP contribution >= 0.6 is 11.8 Å². The second kappa shape index (κ2) is 6.07. The molecule has 1 saturated carbocycles. The Morgan fingerprint density at radius 2 is 1.28 bits per heavy atom. The van der Waals surface area contributed by atoms with Gasteiger partial charge in [0.15, 0.2) is 0 Å². The van der Waals surface area contributed by atoms with Crippen molar-refractivity contribution in [2.75, 3.05) is 0 Å². The smallest absolute Gasteiger partial charge is 0.0462 e. The van der Waals surface area contributed by atoms with Crippen molar-refractivity contribution in [1.29, 1.82) is 0 Å². The Balaban J connectivity index is 1.76. The Morgan fingerprint density at radius 3 is 2.12 bits per heavy atom. The largest absolute Gasteiger partial charge is 0.113 e. The van der Waals surface area contributed by atoms with E-state index in [0.29, 0.717) is 0 Å². The van der Waals surface area contributed by atoms with Gasteiger partial charge in [-0.25, -0.2) is 0 Å². The molecule has 25 heavy (non-hydrogen) atoms. The summed E-state index contributed by atoms with van der Waals surface area (Å²) in [7, 11) is 0.